The van der Waals surface area contributed by atoms with E-state index in [4.69, 9.17) is 4.74 Å². The van der Waals surface area contributed by atoms with Gasteiger partial charge >= 0.3 is 0 Å². The number of hydrogen-bond acceptors (Lipinski definition) is 2. The van der Waals surface area contributed by atoms with Crippen LogP contribution in [-0.2, 0) is 6.42 Å². The lowest BCUT2D eigenvalue weighted by atomic mass is 10.1. The molecule has 1 aromatic rings. The molecule has 1 heterocycles. The van der Waals surface area contributed by atoms with Crippen molar-refractivity contribution in [3.63, 3.8) is 0 Å². The molecular formula is C10H10BrNO2. The van der Waals surface area contributed by atoms with Crippen LogP contribution in [-0.4, -0.2) is 19.6 Å². The molecule has 0 saturated heterocycles. The molecule has 1 aromatic carbocycles. The highest BCUT2D eigenvalue weighted by molar-refractivity contribution is 9.10. The number of fused-ring (bicyclic) bond motifs is 1. The van der Waals surface area contributed by atoms with Crippen molar-refractivity contribution in [1.82, 2.24) is 5.32 Å². The lowest BCUT2D eigenvalue weighted by Gasteiger charge is -2.07. The molecule has 1 amide bonds. The zero-order chi connectivity index (χ0) is 10.1. The summed E-state index contributed by atoms with van der Waals surface area (Å²) in [7, 11) is 1.62. The summed E-state index contributed by atoms with van der Waals surface area (Å²) in [6.07, 6.45) is 0.874. The van der Waals surface area contributed by atoms with Crippen LogP contribution in [0.3, 0.4) is 0 Å². The van der Waals surface area contributed by atoms with E-state index in [1.165, 1.54) is 0 Å². The number of amides is 1. The maximum absolute atomic E-state index is 11.5. The minimum Gasteiger partial charge on any atom is -0.492 e. The van der Waals surface area contributed by atoms with Crippen molar-refractivity contribution in [1.29, 1.82) is 0 Å². The van der Waals surface area contributed by atoms with Crippen LogP contribution in [0.1, 0.15) is 15.9 Å². The molecule has 0 aliphatic carbocycles. The normalized spacial score (nSPS) is 13.3. The molecule has 0 spiro atoms. The summed E-state index contributed by atoms with van der Waals surface area (Å²) in [6, 6.07) is 3.78. The Labute approximate surface area is 90.6 Å². The molecule has 74 valence electrons. The molecular weight excluding hydrogens is 246 g/mol. The number of rotatable bonds is 1. The Morgan fingerprint density at radius 3 is 3.07 bits per heavy atom. The van der Waals surface area contributed by atoms with E-state index in [1.54, 1.807) is 13.1 Å². The van der Waals surface area contributed by atoms with Crippen molar-refractivity contribution in [2.24, 2.45) is 0 Å². The van der Waals surface area contributed by atoms with Crippen LogP contribution in [0.2, 0.25) is 0 Å². The van der Waals surface area contributed by atoms with Gasteiger partial charge in [0.2, 0.25) is 0 Å². The molecule has 0 fully saturated rings. The van der Waals surface area contributed by atoms with E-state index in [9.17, 15) is 4.79 Å². The third-order valence-electron chi connectivity index (χ3n) is 2.22. The summed E-state index contributed by atoms with van der Waals surface area (Å²) >= 11 is 3.38. The lowest BCUT2D eigenvalue weighted by Crippen LogP contribution is -2.18. The molecule has 14 heavy (non-hydrogen) atoms. The van der Waals surface area contributed by atoms with Gasteiger partial charge in [-0.15, -0.1) is 0 Å². The minimum atomic E-state index is -0.107. The van der Waals surface area contributed by atoms with Gasteiger partial charge in [-0.2, -0.15) is 0 Å². The van der Waals surface area contributed by atoms with Crippen LogP contribution in [0, 0.1) is 0 Å². The summed E-state index contributed by atoms with van der Waals surface area (Å²) in [5.41, 5.74) is 1.70. The Kier molecular flexibility index (Phi) is 2.46. The van der Waals surface area contributed by atoms with Gasteiger partial charge in [-0.05, 0) is 17.7 Å². The second kappa shape index (κ2) is 3.61. The van der Waals surface area contributed by atoms with Gasteiger partial charge in [-0.1, -0.05) is 15.9 Å². The molecule has 2 rings (SSSR count). The van der Waals surface area contributed by atoms with Crippen LogP contribution in [0.15, 0.2) is 16.6 Å². The third-order valence-corrected chi connectivity index (χ3v) is 2.68. The van der Waals surface area contributed by atoms with Crippen molar-refractivity contribution in [3.05, 3.63) is 27.7 Å². The maximum atomic E-state index is 11.5. The number of hydrogen-bond donors (Lipinski definition) is 1. The number of carbonyl (C=O) groups excluding carboxylic acids is 1. The minimum absolute atomic E-state index is 0.107. The maximum Gasteiger partial charge on any atom is 0.254 e. The second-order valence-electron chi connectivity index (χ2n) is 3.12. The van der Waals surface area contributed by atoms with Crippen molar-refractivity contribution < 1.29 is 9.53 Å². The Hall–Kier alpha value is -1.03. The number of nitrogens with one attached hydrogen (secondary N) is 1. The van der Waals surface area contributed by atoms with E-state index in [1.807, 2.05) is 6.07 Å². The first-order valence-corrected chi connectivity index (χ1v) is 5.19. The quantitative estimate of drug-likeness (QED) is 0.831. The molecule has 1 aliphatic rings. The van der Waals surface area contributed by atoms with E-state index in [0.29, 0.717) is 12.2 Å². The molecule has 1 aliphatic heterocycles. The zero-order valence-corrected chi connectivity index (χ0v) is 9.35. The van der Waals surface area contributed by atoms with E-state index >= 15 is 0 Å². The fraction of sp³-hybridized carbons (Fsp3) is 0.300. The third kappa shape index (κ3) is 1.50. The van der Waals surface area contributed by atoms with Gasteiger partial charge in [-0.25, -0.2) is 0 Å². The molecule has 4 heteroatoms. The first kappa shape index (κ1) is 9.52. The van der Waals surface area contributed by atoms with Crippen molar-refractivity contribution >= 4 is 21.8 Å². The first-order chi connectivity index (χ1) is 6.72. The summed E-state index contributed by atoms with van der Waals surface area (Å²) in [4.78, 5) is 11.5. The lowest BCUT2D eigenvalue weighted by molar-refractivity contribution is 0.0960. The SMILES string of the molecule is CNC(=O)c1cc(Br)cc2c1OCC2. The van der Waals surface area contributed by atoms with Gasteiger partial charge < -0.3 is 10.1 Å². The molecule has 0 bridgehead atoms. The molecule has 0 radical (unpaired) electrons. The van der Waals surface area contributed by atoms with Crippen LogP contribution in [0.4, 0.5) is 0 Å². The molecule has 0 aromatic heterocycles. The van der Waals surface area contributed by atoms with Gasteiger partial charge in [0.15, 0.2) is 0 Å². The topological polar surface area (TPSA) is 38.3 Å². The largest absolute Gasteiger partial charge is 0.492 e. The second-order valence-corrected chi connectivity index (χ2v) is 4.03. The van der Waals surface area contributed by atoms with Crippen LogP contribution < -0.4 is 10.1 Å². The van der Waals surface area contributed by atoms with Gasteiger partial charge in [-0.3, -0.25) is 4.79 Å². The predicted molar refractivity (Wildman–Crippen MR) is 56.7 cm³/mol. The van der Waals surface area contributed by atoms with Crippen molar-refractivity contribution in [3.8, 4) is 5.75 Å². The average molecular weight is 256 g/mol. The van der Waals surface area contributed by atoms with E-state index in [2.05, 4.69) is 21.2 Å². The Morgan fingerprint density at radius 1 is 1.57 bits per heavy atom. The molecule has 3 nitrogen and oxygen atoms in total. The summed E-state index contributed by atoms with van der Waals surface area (Å²) < 4.78 is 6.34. The Bertz CT molecular complexity index is 390. The zero-order valence-electron chi connectivity index (χ0n) is 7.76. The van der Waals surface area contributed by atoms with E-state index in [-0.39, 0.29) is 5.91 Å². The molecule has 0 unspecified atom stereocenters. The van der Waals surface area contributed by atoms with Gasteiger partial charge in [0.1, 0.15) is 5.75 Å². The number of halogens is 1. The smallest absolute Gasteiger partial charge is 0.254 e. The van der Waals surface area contributed by atoms with Crippen molar-refractivity contribution in [2.45, 2.75) is 6.42 Å². The monoisotopic (exact) mass is 255 g/mol. The average Bonchev–Trinajstić information content (AvgIpc) is 2.62. The number of ether oxygens (including phenoxy) is 1. The molecule has 0 saturated carbocycles. The summed E-state index contributed by atoms with van der Waals surface area (Å²) in [6.45, 7) is 0.662. The highest BCUT2D eigenvalue weighted by Crippen LogP contribution is 2.32. The highest BCUT2D eigenvalue weighted by Gasteiger charge is 2.20. The van der Waals surface area contributed by atoms with Crippen LogP contribution in [0.25, 0.3) is 0 Å². The van der Waals surface area contributed by atoms with Gasteiger partial charge in [0.05, 0.1) is 12.2 Å². The van der Waals surface area contributed by atoms with Crippen LogP contribution >= 0.6 is 15.9 Å². The number of benzene rings is 1. The van der Waals surface area contributed by atoms with Gasteiger partial charge in [0.25, 0.3) is 5.91 Å². The predicted octanol–water partition coefficient (Wildman–Crippen LogP) is 1.74. The molecule has 0 atom stereocenters. The van der Waals surface area contributed by atoms with E-state index < -0.39 is 0 Å². The summed E-state index contributed by atoms with van der Waals surface area (Å²) in [5.74, 6) is 0.622. The van der Waals surface area contributed by atoms with Crippen LogP contribution in [0.5, 0.6) is 5.75 Å². The Morgan fingerprint density at radius 2 is 2.36 bits per heavy atom. The highest BCUT2D eigenvalue weighted by atomic mass is 79.9. The fourth-order valence-electron chi connectivity index (χ4n) is 1.57. The standard InChI is InChI=1S/C10H10BrNO2/c1-12-10(13)8-5-7(11)4-6-2-3-14-9(6)8/h4-5H,2-3H2,1H3,(H,12,13). The Balaban J connectivity index is 2.54. The summed E-state index contributed by atoms with van der Waals surface area (Å²) in [5, 5.41) is 2.60. The number of carbonyl (C=O) groups is 1. The fourth-order valence-corrected chi connectivity index (χ4v) is 2.08. The van der Waals surface area contributed by atoms with Gasteiger partial charge in [0, 0.05) is 17.9 Å². The van der Waals surface area contributed by atoms with Crippen molar-refractivity contribution in [2.75, 3.05) is 13.7 Å². The first-order valence-electron chi connectivity index (χ1n) is 4.39. The molecule has 1 N–H and O–H groups in total. The van der Waals surface area contributed by atoms with E-state index in [0.717, 1.165) is 22.2 Å².